The van der Waals surface area contributed by atoms with E-state index in [1.807, 2.05) is 0 Å². The Balaban J connectivity index is 1.46. The molecule has 0 saturated carbocycles. The van der Waals surface area contributed by atoms with Crippen LogP contribution in [0.4, 0.5) is 11.4 Å². The summed E-state index contributed by atoms with van der Waals surface area (Å²) in [7, 11) is -0.741. The Bertz CT molecular complexity index is 1510. The van der Waals surface area contributed by atoms with Crippen molar-refractivity contribution in [3.8, 4) is 5.75 Å². The molecule has 0 aliphatic heterocycles. The summed E-state index contributed by atoms with van der Waals surface area (Å²) >= 11 is 0. The molecule has 10 heteroatoms. The number of sulfonamides is 1. The van der Waals surface area contributed by atoms with E-state index in [-0.39, 0.29) is 22.8 Å². The number of aryl methyl sites for hydroxylation is 1. The molecule has 3 aromatic carbocycles. The second-order valence-corrected chi connectivity index (χ2v) is 9.19. The van der Waals surface area contributed by atoms with E-state index in [1.165, 1.54) is 43.1 Å². The van der Waals surface area contributed by atoms with E-state index in [1.54, 1.807) is 48.5 Å². The van der Waals surface area contributed by atoms with Gasteiger partial charge in [0.05, 0.1) is 29.5 Å². The molecular formula is C24H22N4O5S. The second-order valence-electron chi connectivity index (χ2n) is 7.50. The van der Waals surface area contributed by atoms with Crippen molar-refractivity contribution in [3.63, 3.8) is 0 Å². The third-order valence-electron chi connectivity index (χ3n) is 5.15. The Morgan fingerprint density at radius 1 is 0.941 bits per heavy atom. The average Bonchev–Trinajstić information content (AvgIpc) is 2.83. The van der Waals surface area contributed by atoms with Crippen LogP contribution in [-0.4, -0.2) is 31.2 Å². The summed E-state index contributed by atoms with van der Waals surface area (Å²) in [6.07, 6.45) is -0.0479. The number of nitrogens with one attached hydrogen (secondary N) is 2. The van der Waals surface area contributed by atoms with Crippen LogP contribution in [0, 0.1) is 0 Å². The van der Waals surface area contributed by atoms with E-state index in [9.17, 15) is 18.0 Å². The monoisotopic (exact) mass is 478 g/mol. The van der Waals surface area contributed by atoms with Gasteiger partial charge in [-0.15, -0.1) is 0 Å². The van der Waals surface area contributed by atoms with Gasteiger partial charge >= 0.3 is 0 Å². The van der Waals surface area contributed by atoms with Crippen molar-refractivity contribution in [2.75, 3.05) is 17.1 Å². The standard InChI is InChI=1S/C24H22N4O5S/c1-28-24(30)21-6-4-3-5-20(21)22(26-28)15-23(29)25-16-9-13-19(14-10-16)34(31,32)27-17-7-11-18(33-2)12-8-17/h3-14,27H,15H2,1-2H3,(H,25,29). The molecule has 174 valence electrons. The molecule has 34 heavy (non-hydrogen) atoms. The third kappa shape index (κ3) is 4.91. The Morgan fingerprint density at radius 3 is 2.21 bits per heavy atom. The summed E-state index contributed by atoms with van der Waals surface area (Å²) in [6, 6.07) is 19.3. The summed E-state index contributed by atoms with van der Waals surface area (Å²) in [5, 5.41) is 8.07. The highest BCUT2D eigenvalue weighted by Crippen LogP contribution is 2.21. The predicted octanol–water partition coefficient (Wildman–Crippen LogP) is 2.92. The molecule has 0 spiro atoms. The van der Waals surface area contributed by atoms with Crippen LogP contribution in [0.15, 0.2) is 82.5 Å². The summed E-state index contributed by atoms with van der Waals surface area (Å²) in [5.74, 6) is 0.271. The van der Waals surface area contributed by atoms with Gasteiger partial charge in [0, 0.05) is 23.8 Å². The number of carbonyl (C=O) groups is 1. The molecular weight excluding hydrogens is 456 g/mol. The van der Waals surface area contributed by atoms with Gasteiger partial charge in [0.25, 0.3) is 15.6 Å². The number of rotatable bonds is 7. The smallest absolute Gasteiger partial charge is 0.274 e. The minimum Gasteiger partial charge on any atom is -0.497 e. The number of anilines is 2. The number of aromatic nitrogens is 2. The van der Waals surface area contributed by atoms with Gasteiger partial charge in [-0.1, -0.05) is 18.2 Å². The fourth-order valence-corrected chi connectivity index (χ4v) is 4.51. The molecule has 0 atom stereocenters. The van der Waals surface area contributed by atoms with Crippen LogP contribution >= 0.6 is 0 Å². The van der Waals surface area contributed by atoms with Gasteiger partial charge in [-0.25, -0.2) is 13.1 Å². The van der Waals surface area contributed by atoms with E-state index >= 15 is 0 Å². The molecule has 0 saturated heterocycles. The first-order valence-electron chi connectivity index (χ1n) is 10.3. The molecule has 9 nitrogen and oxygen atoms in total. The predicted molar refractivity (Wildman–Crippen MR) is 130 cm³/mol. The minimum absolute atomic E-state index is 0.0479. The van der Waals surface area contributed by atoms with Crippen molar-refractivity contribution >= 4 is 38.1 Å². The molecule has 0 aliphatic rings. The molecule has 4 rings (SSSR count). The lowest BCUT2D eigenvalue weighted by molar-refractivity contribution is -0.115. The number of hydrogen-bond donors (Lipinski definition) is 2. The van der Waals surface area contributed by atoms with E-state index in [4.69, 9.17) is 4.74 Å². The van der Waals surface area contributed by atoms with Gasteiger partial charge in [0.2, 0.25) is 5.91 Å². The highest BCUT2D eigenvalue weighted by Gasteiger charge is 2.16. The molecule has 1 heterocycles. The summed E-state index contributed by atoms with van der Waals surface area (Å²) in [5.41, 5.74) is 1.07. The van der Waals surface area contributed by atoms with Crippen molar-refractivity contribution in [1.82, 2.24) is 9.78 Å². The van der Waals surface area contributed by atoms with Gasteiger partial charge < -0.3 is 10.1 Å². The Kier molecular flexibility index (Phi) is 6.33. The maximum atomic E-state index is 12.6. The van der Waals surface area contributed by atoms with E-state index in [0.717, 1.165) is 0 Å². The Hall–Kier alpha value is -4.18. The first kappa shape index (κ1) is 23.0. The van der Waals surface area contributed by atoms with Crippen molar-refractivity contribution in [2.24, 2.45) is 7.05 Å². The maximum absolute atomic E-state index is 12.6. The number of methoxy groups -OCH3 is 1. The lowest BCUT2D eigenvalue weighted by Crippen LogP contribution is -2.24. The lowest BCUT2D eigenvalue weighted by Gasteiger charge is -2.11. The molecule has 0 fully saturated rings. The lowest BCUT2D eigenvalue weighted by atomic mass is 10.1. The Morgan fingerprint density at radius 2 is 1.56 bits per heavy atom. The first-order chi connectivity index (χ1) is 16.3. The van der Waals surface area contributed by atoms with E-state index < -0.39 is 10.0 Å². The van der Waals surface area contributed by atoms with Crippen LogP contribution in [0.3, 0.4) is 0 Å². The topological polar surface area (TPSA) is 119 Å². The number of benzene rings is 3. The molecule has 2 N–H and O–H groups in total. The fourth-order valence-electron chi connectivity index (χ4n) is 3.45. The highest BCUT2D eigenvalue weighted by atomic mass is 32.2. The normalized spacial score (nSPS) is 11.2. The number of carbonyl (C=O) groups excluding carboxylic acids is 1. The Labute approximate surface area is 196 Å². The molecule has 0 unspecified atom stereocenters. The van der Waals surface area contributed by atoms with Gasteiger partial charge in [0.15, 0.2) is 0 Å². The quantitative estimate of drug-likeness (QED) is 0.422. The van der Waals surface area contributed by atoms with E-state index in [2.05, 4.69) is 15.1 Å². The van der Waals surface area contributed by atoms with Crippen LogP contribution in [-0.2, 0) is 28.3 Å². The largest absolute Gasteiger partial charge is 0.497 e. The number of fused-ring (bicyclic) bond motifs is 1. The summed E-state index contributed by atoms with van der Waals surface area (Å²) in [4.78, 5) is 24.9. The summed E-state index contributed by atoms with van der Waals surface area (Å²) in [6.45, 7) is 0. The average molecular weight is 479 g/mol. The van der Waals surface area contributed by atoms with Crippen molar-refractivity contribution < 1.29 is 17.9 Å². The van der Waals surface area contributed by atoms with Crippen molar-refractivity contribution in [3.05, 3.63) is 88.8 Å². The molecule has 4 aromatic rings. The van der Waals surface area contributed by atoms with Crippen LogP contribution in [0.25, 0.3) is 10.8 Å². The molecule has 1 amide bonds. The highest BCUT2D eigenvalue weighted by molar-refractivity contribution is 7.92. The molecule has 0 radical (unpaired) electrons. The zero-order valence-corrected chi connectivity index (χ0v) is 19.3. The SMILES string of the molecule is COc1ccc(NS(=O)(=O)c2ccc(NC(=O)Cc3nn(C)c(=O)c4ccccc34)cc2)cc1. The number of ether oxygens (including phenoxy) is 1. The molecule has 0 bridgehead atoms. The zero-order chi connectivity index (χ0) is 24.3. The number of amides is 1. The number of nitrogens with zero attached hydrogens (tertiary/aromatic N) is 2. The zero-order valence-electron chi connectivity index (χ0n) is 18.5. The van der Waals surface area contributed by atoms with Crippen molar-refractivity contribution in [2.45, 2.75) is 11.3 Å². The van der Waals surface area contributed by atoms with Crippen LogP contribution in [0.1, 0.15) is 5.69 Å². The van der Waals surface area contributed by atoms with Gasteiger partial charge in [-0.3, -0.25) is 14.3 Å². The maximum Gasteiger partial charge on any atom is 0.274 e. The first-order valence-corrected chi connectivity index (χ1v) is 11.8. The van der Waals surface area contributed by atoms with E-state index in [0.29, 0.717) is 33.6 Å². The van der Waals surface area contributed by atoms with Gasteiger partial charge in [-0.05, 0) is 54.6 Å². The second kappa shape index (κ2) is 9.36. The van der Waals surface area contributed by atoms with Crippen molar-refractivity contribution in [1.29, 1.82) is 0 Å². The van der Waals surface area contributed by atoms with Gasteiger partial charge in [-0.2, -0.15) is 5.10 Å². The third-order valence-corrected chi connectivity index (χ3v) is 6.55. The fraction of sp³-hybridized carbons (Fsp3) is 0.125. The number of hydrogen-bond acceptors (Lipinski definition) is 6. The van der Waals surface area contributed by atoms with Crippen LogP contribution in [0.5, 0.6) is 5.75 Å². The van der Waals surface area contributed by atoms with Crippen LogP contribution in [0.2, 0.25) is 0 Å². The molecule has 1 aromatic heterocycles. The molecule has 0 aliphatic carbocycles. The minimum atomic E-state index is -3.81. The summed E-state index contributed by atoms with van der Waals surface area (Å²) < 4.78 is 34.1. The van der Waals surface area contributed by atoms with Crippen LogP contribution < -0.4 is 20.3 Å². The van der Waals surface area contributed by atoms with Gasteiger partial charge in [0.1, 0.15) is 5.75 Å².